The molecule has 1 heterocycles. The van der Waals surface area contributed by atoms with E-state index in [1.807, 2.05) is 19.1 Å². The van der Waals surface area contributed by atoms with Gasteiger partial charge in [-0.1, -0.05) is 12.1 Å². The van der Waals surface area contributed by atoms with Crippen LogP contribution in [0.5, 0.6) is 5.88 Å². The smallest absolute Gasteiger partial charge is 0.335 e. The Morgan fingerprint density at radius 1 is 1.32 bits per heavy atom. The molecule has 0 atom stereocenters. The van der Waals surface area contributed by atoms with Crippen LogP contribution in [-0.4, -0.2) is 39.1 Å². The van der Waals surface area contributed by atoms with Gasteiger partial charge in [-0.15, -0.1) is 0 Å². The highest BCUT2D eigenvalue weighted by Gasteiger charge is 2.15. The normalized spacial score (nSPS) is 11.2. The van der Waals surface area contributed by atoms with Crippen LogP contribution in [0, 0.1) is 13.8 Å². The number of hydrogen-bond acceptors (Lipinski definition) is 5. The number of nitrogens with one attached hydrogen (secondary N) is 1. The van der Waals surface area contributed by atoms with E-state index in [4.69, 9.17) is 5.11 Å². The third kappa shape index (κ3) is 2.99. The Kier molecular flexibility index (Phi) is 4.57. The first-order valence-corrected chi connectivity index (χ1v) is 6.72. The molecule has 0 saturated heterocycles. The summed E-state index contributed by atoms with van der Waals surface area (Å²) in [5, 5.41) is 19.0. The van der Waals surface area contributed by atoms with Crippen molar-refractivity contribution >= 4 is 6.21 Å². The lowest BCUT2D eigenvalue weighted by molar-refractivity contribution is 0.307. The lowest BCUT2D eigenvalue weighted by Gasteiger charge is -2.12. The molecule has 7 heteroatoms. The molecule has 0 saturated carbocycles. The maximum Gasteiger partial charge on any atom is 0.335 e. The number of H-pyrrole nitrogens is 1. The number of nitrogens with zero attached hydrogens (tertiary/aromatic N) is 2. The highest BCUT2D eigenvalue weighted by molar-refractivity contribution is 5.82. The number of rotatable bonds is 4. The van der Waals surface area contributed by atoms with E-state index in [9.17, 15) is 14.7 Å². The van der Waals surface area contributed by atoms with E-state index in [0.29, 0.717) is 5.69 Å². The van der Waals surface area contributed by atoms with Crippen molar-refractivity contribution in [1.82, 2.24) is 9.55 Å². The Hall–Kier alpha value is -2.67. The molecule has 0 amide bonds. The Morgan fingerprint density at radius 2 is 2.05 bits per heavy atom. The number of aliphatic hydroxyl groups excluding tert-OH is 1. The molecule has 0 radical (unpaired) electrons. The Balaban J connectivity index is 2.72. The van der Waals surface area contributed by atoms with Crippen molar-refractivity contribution in [1.29, 1.82) is 0 Å². The minimum atomic E-state index is -0.731. The first kappa shape index (κ1) is 15.7. The van der Waals surface area contributed by atoms with Gasteiger partial charge in [0.2, 0.25) is 5.88 Å². The van der Waals surface area contributed by atoms with Crippen LogP contribution in [-0.2, 0) is 0 Å². The molecule has 0 aliphatic rings. The summed E-state index contributed by atoms with van der Waals surface area (Å²) < 4.78 is 1.03. The number of aliphatic hydroxyl groups is 1. The van der Waals surface area contributed by atoms with Crippen LogP contribution in [0.25, 0.3) is 5.69 Å². The predicted octanol–water partition coefficient (Wildman–Crippen LogP) is 0.259. The second-order valence-corrected chi connectivity index (χ2v) is 4.88. The maximum absolute atomic E-state index is 12.1. The van der Waals surface area contributed by atoms with Gasteiger partial charge in [0.25, 0.3) is 5.56 Å². The van der Waals surface area contributed by atoms with E-state index in [-0.39, 0.29) is 18.7 Å². The number of aromatic nitrogens is 2. The lowest BCUT2D eigenvalue weighted by atomic mass is 10.1. The predicted molar refractivity (Wildman–Crippen MR) is 83.3 cm³/mol. The van der Waals surface area contributed by atoms with Crippen LogP contribution in [0.3, 0.4) is 0 Å². The van der Waals surface area contributed by atoms with E-state index in [0.717, 1.165) is 21.9 Å². The standard InChI is InChI=1S/C15H17N3O4/c1-9-3-4-10(2)12(7-9)18-14(21)11(8-16-5-6-19)13(20)17-15(18)22/h3-4,7-8,19,21H,5-6H2,1-2H3,(H,17,20,22). The molecule has 22 heavy (non-hydrogen) atoms. The Bertz CT molecular complexity index is 834. The quantitative estimate of drug-likeness (QED) is 0.704. The van der Waals surface area contributed by atoms with Crippen molar-refractivity contribution in [2.45, 2.75) is 13.8 Å². The zero-order chi connectivity index (χ0) is 16.3. The van der Waals surface area contributed by atoms with Crippen LogP contribution in [0.15, 0.2) is 32.8 Å². The minimum Gasteiger partial charge on any atom is -0.493 e. The molecule has 2 rings (SSSR count). The van der Waals surface area contributed by atoms with Gasteiger partial charge in [0, 0.05) is 6.21 Å². The lowest BCUT2D eigenvalue weighted by Crippen LogP contribution is -2.31. The van der Waals surface area contributed by atoms with Crippen molar-refractivity contribution in [2.24, 2.45) is 4.99 Å². The van der Waals surface area contributed by atoms with E-state index in [1.165, 1.54) is 0 Å². The fourth-order valence-electron chi connectivity index (χ4n) is 2.05. The number of aromatic amines is 1. The van der Waals surface area contributed by atoms with Gasteiger partial charge in [0.15, 0.2) is 0 Å². The van der Waals surface area contributed by atoms with Gasteiger partial charge >= 0.3 is 5.69 Å². The average molecular weight is 303 g/mol. The molecule has 1 aromatic heterocycles. The Morgan fingerprint density at radius 3 is 2.73 bits per heavy atom. The second kappa shape index (κ2) is 6.40. The van der Waals surface area contributed by atoms with Gasteiger partial charge in [-0.05, 0) is 31.0 Å². The van der Waals surface area contributed by atoms with Gasteiger partial charge < -0.3 is 10.2 Å². The monoisotopic (exact) mass is 303 g/mol. The fourth-order valence-corrected chi connectivity index (χ4v) is 2.05. The van der Waals surface area contributed by atoms with Gasteiger partial charge in [0.05, 0.1) is 18.8 Å². The first-order chi connectivity index (χ1) is 10.5. The largest absolute Gasteiger partial charge is 0.493 e. The molecule has 0 unspecified atom stereocenters. The topological polar surface area (TPSA) is 108 Å². The van der Waals surface area contributed by atoms with Crippen molar-refractivity contribution in [3.05, 3.63) is 55.7 Å². The van der Waals surface area contributed by atoms with Crippen LogP contribution >= 0.6 is 0 Å². The van der Waals surface area contributed by atoms with E-state index < -0.39 is 17.1 Å². The highest BCUT2D eigenvalue weighted by atomic mass is 16.3. The van der Waals surface area contributed by atoms with Crippen LogP contribution in [0.2, 0.25) is 0 Å². The zero-order valence-corrected chi connectivity index (χ0v) is 12.3. The van der Waals surface area contributed by atoms with E-state index >= 15 is 0 Å². The third-order valence-electron chi connectivity index (χ3n) is 3.18. The molecule has 3 N–H and O–H groups in total. The molecule has 0 bridgehead atoms. The van der Waals surface area contributed by atoms with Crippen LogP contribution < -0.4 is 11.2 Å². The summed E-state index contributed by atoms with van der Waals surface area (Å²) in [7, 11) is 0. The molecule has 0 fully saturated rings. The molecule has 7 nitrogen and oxygen atoms in total. The second-order valence-electron chi connectivity index (χ2n) is 4.88. The highest BCUT2D eigenvalue weighted by Crippen LogP contribution is 2.19. The van der Waals surface area contributed by atoms with Gasteiger partial charge in [-0.25, -0.2) is 9.36 Å². The number of hydrogen-bond donors (Lipinski definition) is 3. The van der Waals surface area contributed by atoms with Crippen molar-refractivity contribution in [3.8, 4) is 11.6 Å². The zero-order valence-electron chi connectivity index (χ0n) is 12.3. The molecular weight excluding hydrogens is 286 g/mol. The molecule has 116 valence electrons. The summed E-state index contributed by atoms with van der Waals surface area (Å²) >= 11 is 0. The minimum absolute atomic E-state index is 0.0987. The van der Waals surface area contributed by atoms with Crippen molar-refractivity contribution in [3.63, 3.8) is 0 Å². The molecule has 0 aliphatic carbocycles. The number of aromatic hydroxyl groups is 1. The summed E-state index contributed by atoms with van der Waals surface area (Å²) in [5.74, 6) is -0.482. The van der Waals surface area contributed by atoms with Crippen molar-refractivity contribution < 1.29 is 10.2 Å². The van der Waals surface area contributed by atoms with E-state index in [1.54, 1.807) is 13.0 Å². The maximum atomic E-state index is 12.1. The summed E-state index contributed by atoms with van der Waals surface area (Å²) in [6, 6.07) is 5.45. The average Bonchev–Trinajstić information content (AvgIpc) is 2.46. The molecule has 0 aliphatic heterocycles. The molecule has 0 spiro atoms. The number of aryl methyl sites for hydroxylation is 2. The molecule has 2 aromatic rings. The SMILES string of the molecule is Cc1ccc(C)c(-n2c(O)c(C=NCCO)c(=O)[nH]c2=O)c1. The van der Waals surface area contributed by atoms with Gasteiger partial charge in [-0.3, -0.25) is 14.8 Å². The van der Waals surface area contributed by atoms with Crippen molar-refractivity contribution in [2.75, 3.05) is 13.2 Å². The summed E-state index contributed by atoms with van der Waals surface area (Å²) in [5.41, 5.74) is 0.577. The van der Waals surface area contributed by atoms with Gasteiger partial charge in [-0.2, -0.15) is 0 Å². The molecule has 1 aromatic carbocycles. The van der Waals surface area contributed by atoms with Crippen LogP contribution in [0.1, 0.15) is 16.7 Å². The fraction of sp³-hybridized carbons (Fsp3) is 0.267. The third-order valence-corrected chi connectivity index (χ3v) is 3.18. The first-order valence-electron chi connectivity index (χ1n) is 6.72. The summed E-state index contributed by atoms with van der Waals surface area (Å²) in [6.07, 6.45) is 1.14. The van der Waals surface area contributed by atoms with Gasteiger partial charge in [0.1, 0.15) is 5.56 Å². The number of benzene rings is 1. The van der Waals surface area contributed by atoms with E-state index in [2.05, 4.69) is 9.98 Å². The molecular formula is C15H17N3O4. The Labute approximate surface area is 126 Å². The summed E-state index contributed by atoms with van der Waals surface area (Å²) in [6.45, 7) is 3.58. The number of aliphatic imine (C=N–C) groups is 1. The van der Waals surface area contributed by atoms with Crippen LogP contribution in [0.4, 0.5) is 0 Å². The summed E-state index contributed by atoms with van der Waals surface area (Å²) in [4.78, 5) is 29.9.